The molecule has 1 aromatic carbocycles. The number of phenolic OH excluding ortho intramolecular Hbond substituents is 2. The molecule has 0 amide bonds. The Labute approximate surface area is 79.0 Å². The Bertz CT molecular complexity index is 446. The zero-order valence-electron chi connectivity index (χ0n) is 7.10. The molecule has 0 aliphatic rings. The van der Waals surface area contributed by atoms with E-state index in [1.807, 2.05) is 0 Å². The van der Waals surface area contributed by atoms with Gasteiger partial charge in [-0.05, 0) is 12.1 Å². The molecule has 0 radical (unpaired) electrons. The Morgan fingerprint density at radius 2 is 1.86 bits per heavy atom. The topological polar surface area (TPSA) is 108 Å². The van der Waals surface area contributed by atoms with Gasteiger partial charge >= 0.3 is 0 Å². The molecule has 0 bridgehead atoms. The minimum absolute atomic E-state index is 0.0580. The Kier molecular flexibility index (Phi) is 1.74. The van der Waals surface area contributed by atoms with Crippen LogP contribution < -0.4 is 5.73 Å². The lowest BCUT2D eigenvalue weighted by Gasteiger charge is -2.02. The van der Waals surface area contributed by atoms with Crippen LogP contribution in [0.25, 0.3) is 11.4 Å². The van der Waals surface area contributed by atoms with Crippen LogP contribution >= 0.6 is 0 Å². The Morgan fingerprint density at radius 3 is 2.36 bits per heavy atom. The normalized spacial score (nSPS) is 10.3. The first-order valence-electron chi connectivity index (χ1n) is 3.87. The first kappa shape index (κ1) is 8.36. The maximum atomic E-state index is 9.47. The second-order valence-corrected chi connectivity index (χ2v) is 2.71. The molecule has 0 atom stereocenters. The molecule has 0 aliphatic carbocycles. The lowest BCUT2D eigenvalue weighted by Crippen LogP contribution is -1.86. The summed E-state index contributed by atoms with van der Waals surface area (Å²) in [5, 5.41) is 25.0. The van der Waals surface area contributed by atoms with Gasteiger partial charge in [-0.25, -0.2) is 0 Å². The van der Waals surface area contributed by atoms with Crippen LogP contribution in [0.2, 0.25) is 0 Å². The molecule has 1 heterocycles. The predicted octanol–water partition coefficient (Wildman–Crippen LogP) is 0.465. The second-order valence-electron chi connectivity index (χ2n) is 2.71. The van der Waals surface area contributed by atoms with Crippen molar-refractivity contribution < 1.29 is 10.2 Å². The molecule has 2 rings (SSSR count). The first-order valence-corrected chi connectivity index (χ1v) is 3.87. The molecule has 0 fully saturated rings. The van der Waals surface area contributed by atoms with Crippen molar-refractivity contribution in [1.29, 1.82) is 0 Å². The highest BCUT2D eigenvalue weighted by atomic mass is 16.3. The van der Waals surface area contributed by atoms with Crippen molar-refractivity contribution >= 4 is 5.95 Å². The molecule has 0 unspecified atom stereocenters. The highest BCUT2D eigenvalue weighted by molar-refractivity contribution is 5.71. The van der Waals surface area contributed by atoms with Crippen molar-refractivity contribution in [2.24, 2.45) is 0 Å². The van der Waals surface area contributed by atoms with E-state index in [9.17, 15) is 10.2 Å². The van der Waals surface area contributed by atoms with Crippen LogP contribution in [0.1, 0.15) is 0 Å². The third-order valence-corrected chi connectivity index (χ3v) is 1.76. The van der Waals surface area contributed by atoms with Gasteiger partial charge in [-0.15, -0.1) is 5.10 Å². The van der Waals surface area contributed by atoms with Crippen LogP contribution in [0.4, 0.5) is 5.95 Å². The number of nitrogen functional groups attached to an aromatic ring is 1. The van der Waals surface area contributed by atoms with Crippen molar-refractivity contribution in [2.75, 3.05) is 5.73 Å². The van der Waals surface area contributed by atoms with E-state index in [4.69, 9.17) is 5.73 Å². The molecule has 5 N–H and O–H groups in total. The van der Waals surface area contributed by atoms with Gasteiger partial charge in [0.1, 0.15) is 17.1 Å². The van der Waals surface area contributed by atoms with Gasteiger partial charge in [0.15, 0.2) is 5.82 Å². The SMILES string of the molecule is Nc1n[nH]c(-c2c(O)cccc2O)n1. The fourth-order valence-corrected chi connectivity index (χ4v) is 1.16. The summed E-state index contributed by atoms with van der Waals surface area (Å²) in [6, 6.07) is 4.40. The molecule has 0 saturated carbocycles. The molecule has 0 aliphatic heterocycles. The molecule has 14 heavy (non-hydrogen) atoms. The van der Waals surface area contributed by atoms with Crippen LogP contribution in [0.15, 0.2) is 18.2 Å². The largest absolute Gasteiger partial charge is 0.507 e. The summed E-state index contributed by atoms with van der Waals surface area (Å²) in [6.45, 7) is 0. The Balaban J connectivity index is 2.61. The number of nitrogens with two attached hydrogens (primary N) is 1. The van der Waals surface area contributed by atoms with Crippen molar-refractivity contribution in [2.45, 2.75) is 0 Å². The van der Waals surface area contributed by atoms with E-state index >= 15 is 0 Å². The van der Waals surface area contributed by atoms with E-state index in [-0.39, 0.29) is 28.8 Å². The number of nitrogens with one attached hydrogen (secondary N) is 1. The van der Waals surface area contributed by atoms with Gasteiger partial charge in [0.25, 0.3) is 0 Å². The van der Waals surface area contributed by atoms with E-state index < -0.39 is 0 Å². The number of aromatic amines is 1. The molecule has 72 valence electrons. The Morgan fingerprint density at radius 1 is 1.21 bits per heavy atom. The van der Waals surface area contributed by atoms with Gasteiger partial charge in [-0.1, -0.05) is 6.07 Å². The van der Waals surface area contributed by atoms with Gasteiger partial charge in [0.05, 0.1) is 0 Å². The molecular formula is C8H8N4O2. The molecule has 0 saturated heterocycles. The van der Waals surface area contributed by atoms with Gasteiger partial charge in [-0.3, -0.25) is 5.10 Å². The van der Waals surface area contributed by atoms with Gasteiger partial charge in [0, 0.05) is 0 Å². The highest BCUT2D eigenvalue weighted by Gasteiger charge is 2.12. The van der Waals surface area contributed by atoms with Gasteiger partial charge in [-0.2, -0.15) is 4.98 Å². The van der Waals surface area contributed by atoms with E-state index in [1.54, 1.807) is 0 Å². The zero-order chi connectivity index (χ0) is 10.1. The minimum Gasteiger partial charge on any atom is -0.507 e. The summed E-state index contributed by atoms with van der Waals surface area (Å²) in [6.07, 6.45) is 0. The monoisotopic (exact) mass is 192 g/mol. The highest BCUT2D eigenvalue weighted by Crippen LogP contribution is 2.34. The maximum Gasteiger partial charge on any atom is 0.239 e. The van der Waals surface area contributed by atoms with Crippen molar-refractivity contribution in [1.82, 2.24) is 15.2 Å². The number of anilines is 1. The molecular weight excluding hydrogens is 184 g/mol. The van der Waals surface area contributed by atoms with Crippen LogP contribution in [0.5, 0.6) is 11.5 Å². The first-order chi connectivity index (χ1) is 6.68. The summed E-state index contributed by atoms with van der Waals surface area (Å²) in [7, 11) is 0. The average molecular weight is 192 g/mol. The number of rotatable bonds is 1. The van der Waals surface area contributed by atoms with Crippen LogP contribution in [0.3, 0.4) is 0 Å². The Hall–Kier alpha value is -2.24. The summed E-state index contributed by atoms with van der Waals surface area (Å²) in [5.74, 6) is 0.128. The number of phenols is 2. The van der Waals surface area contributed by atoms with E-state index in [2.05, 4.69) is 15.2 Å². The number of aromatic hydroxyl groups is 2. The molecule has 6 heteroatoms. The van der Waals surface area contributed by atoms with E-state index in [0.717, 1.165) is 0 Å². The van der Waals surface area contributed by atoms with Crippen molar-refractivity contribution in [3.8, 4) is 22.9 Å². The summed E-state index contributed by atoms with van der Waals surface area (Å²) in [4.78, 5) is 3.79. The van der Waals surface area contributed by atoms with Crippen molar-refractivity contribution in [3.63, 3.8) is 0 Å². The number of hydrogen-bond acceptors (Lipinski definition) is 5. The number of aromatic nitrogens is 3. The minimum atomic E-state index is -0.0823. The fraction of sp³-hybridized carbons (Fsp3) is 0. The predicted molar refractivity (Wildman–Crippen MR) is 49.6 cm³/mol. The molecule has 2 aromatic rings. The fourth-order valence-electron chi connectivity index (χ4n) is 1.16. The second kappa shape index (κ2) is 2.91. The lowest BCUT2D eigenvalue weighted by atomic mass is 10.1. The van der Waals surface area contributed by atoms with Crippen LogP contribution in [-0.4, -0.2) is 25.4 Å². The van der Waals surface area contributed by atoms with E-state index in [0.29, 0.717) is 0 Å². The maximum absolute atomic E-state index is 9.47. The van der Waals surface area contributed by atoms with Gasteiger partial charge < -0.3 is 15.9 Å². The van der Waals surface area contributed by atoms with Gasteiger partial charge in [0.2, 0.25) is 5.95 Å². The number of H-pyrrole nitrogens is 1. The quantitative estimate of drug-likeness (QED) is 0.525. The number of nitrogens with zero attached hydrogens (tertiary/aromatic N) is 2. The molecule has 6 nitrogen and oxygen atoms in total. The summed E-state index contributed by atoms with van der Waals surface area (Å²) >= 11 is 0. The third-order valence-electron chi connectivity index (χ3n) is 1.76. The third kappa shape index (κ3) is 1.22. The average Bonchev–Trinajstić information content (AvgIpc) is 2.51. The smallest absolute Gasteiger partial charge is 0.239 e. The zero-order valence-corrected chi connectivity index (χ0v) is 7.10. The van der Waals surface area contributed by atoms with Crippen LogP contribution in [0, 0.1) is 0 Å². The summed E-state index contributed by atoms with van der Waals surface area (Å²) < 4.78 is 0. The van der Waals surface area contributed by atoms with Crippen LogP contribution in [-0.2, 0) is 0 Å². The number of hydrogen-bond donors (Lipinski definition) is 4. The standard InChI is InChI=1S/C8H8N4O2/c9-8-10-7(11-12-8)6-4(13)2-1-3-5(6)14/h1-3,13-14H,(H3,9,10,11,12). The summed E-state index contributed by atoms with van der Waals surface area (Å²) in [5.41, 5.74) is 5.49. The molecule has 1 aromatic heterocycles. The van der Waals surface area contributed by atoms with E-state index in [1.165, 1.54) is 18.2 Å². The lowest BCUT2D eigenvalue weighted by molar-refractivity contribution is 0.453. The van der Waals surface area contributed by atoms with Crippen molar-refractivity contribution in [3.05, 3.63) is 18.2 Å². The molecule has 0 spiro atoms. The number of benzene rings is 1.